The predicted octanol–water partition coefficient (Wildman–Crippen LogP) is 0.117. The van der Waals surface area contributed by atoms with E-state index in [1.54, 1.807) is 0 Å². The second kappa shape index (κ2) is 6.08. The van der Waals surface area contributed by atoms with Gasteiger partial charge in [0.2, 0.25) is 0 Å². The van der Waals surface area contributed by atoms with Crippen LogP contribution >= 0.6 is 12.4 Å². The van der Waals surface area contributed by atoms with Crippen molar-refractivity contribution < 1.29 is 4.79 Å². The van der Waals surface area contributed by atoms with Crippen molar-refractivity contribution >= 4 is 18.4 Å². The lowest BCUT2D eigenvalue weighted by atomic mass is 9.98. The van der Waals surface area contributed by atoms with Crippen LogP contribution in [0.5, 0.6) is 0 Å². The molecule has 0 spiro atoms. The van der Waals surface area contributed by atoms with Crippen molar-refractivity contribution in [3.63, 3.8) is 0 Å². The molecule has 0 aromatic rings. The number of urea groups is 1. The molecule has 0 aromatic carbocycles. The SMILES string of the molecule is Cl.O=C1NCC2CN(CC3CCCNC3)CCN12. The summed E-state index contributed by atoms with van der Waals surface area (Å²) in [4.78, 5) is 16.0. The highest BCUT2D eigenvalue weighted by Gasteiger charge is 2.35. The summed E-state index contributed by atoms with van der Waals surface area (Å²) < 4.78 is 0. The van der Waals surface area contributed by atoms with Gasteiger partial charge in [-0.05, 0) is 31.8 Å². The van der Waals surface area contributed by atoms with E-state index in [1.165, 1.54) is 32.5 Å². The molecule has 3 aliphatic heterocycles. The Morgan fingerprint density at radius 1 is 1.28 bits per heavy atom. The van der Waals surface area contributed by atoms with E-state index >= 15 is 0 Å². The van der Waals surface area contributed by atoms with Crippen LogP contribution < -0.4 is 10.6 Å². The van der Waals surface area contributed by atoms with Gasteiger partial charge in [-0.25, -0.2) is 4.79 Å². The minimum absolute atomic E-state index is 0. The average Bonchev–Trinajstić information content (AvgIpc) is 2.72. The third-order valence-electron chi connectivity index (χ3n) is 4.23. The van der Waals surface area contributed by atoms with Crippen LogP contribution in [0.25, 0.3) is 0 Å². The topological polar surface area (TPSA) is 47.6 Å². The number of nitrogens with one attached hydrogen (secondary N) is 2. The molecule has 6 heteroatoms. The maximum absolute atomic E-state index is 11.5. The number of carbonyl (C=O) groups excluding carboxylic acids is 1. The molecule has 3 aliphatic rings. The van der Waals surface area contributed by atoms with E-state index < -0.39 is 0 Å². The molecule has 2 unspecified atom stereocenters. The minimum atomic E-state index is 0. The Morgan fingerprint density at radius 3 is 2.94 bits per heavy atom. The van der Waals surface area contributed by atoms with Gasteiger partial charge in [0, 0.05) is 32.7 Å². The van der Waals surface area contributed by atoms with Crippen LogP contribution in [0, 0.1) is 5.92 Å². The number of halogens is 1. The molecule has 2 amide bonds. The van der Waals surface area contributed by atoms with Gasteiger partial charge >= 0.3 is 6.03 Å². The zero-order valence-electron chi connectivity index (χ0n) is 10.7. The molecule has 18 heavy (non-hydrogen) atoms. The normalized spacial score (nSPS) is 32.7. The van der Waals surface area contributed by atoms with E-state index in [0.717, 1.165) is 32.1 Å². The summed E-state index contributed by atoms with van der Waals surface area (Å²) in [5.74, 6) is 0.806. The Labute approximate surface area is 115 Å². The molecule has 2 N–H and O–H groups in total. The monoisotopic (exact) mass is 274 g/mol. The summed E-state index contributed by atoms with van der Waals surface area (Å²) in [6.45, 7) is 7.38. The minimum Gasteiger partial charge on any atom is -0.336 e. The van der Waals surface area contributed by atoms with Gasteiger partial charge in [0.15, 0.2) is 0 Å². The van der Waals surface area contributed by atoms with Crippen molar-refractivity contribution in [1.82, 2.24) is 20.4 Å². The lowest BCUT2D eigenvalue weighted by Gasteiger charge is -2.38. The second-order valence-corrected chi connectivity index (χ2v) is 5.51. The fourth-order valence-electron chi connectivity index (χ4n) is 3.28. The van der Waals surface area contributed by atoms with Gasteiger partial charge in [0.05, 0.1) is 6.04 Å². The molecule has 3 rings (SSSR count). The molecule has 3 fully saturated rings. The molecule has 104 valence electrons. The lowest BCUT2D eigenvalue weighted by Crippen LogP contribution is -2.53. The van der Waals surface area contributed by atoms with Gasteiger partial charge < -0.3 is 15.5 Å². The van der Waals surface area contributed by atoms with Crippen LogP contribution in [-0.4, -0.2) is 67.7 Å². The van der Waals surface area contributed by atoms with Gasteiger partial charge in [-0.3, -0.25) is 4.90 Å². The molecule has 5 nitrogen and oxygen atoms in total. The molecule has 0 aromatic heterocycles. The number of amides is 2. The fraction of sp³-hybridized carbons (Fsp3) is 0.917. The van der Waals surface area contributed by atoms with Crippen LogP contribution in [0.15, 0.2) is 0 Å². The summed E-state index contributed by atoms with van der Waals surface area (Å²) in [5, 5.41) is 6.41. The molecule has 0 aliphatic carbocycles. The van der Waals surface area contributed by atoms with Crippen LogP contribution in [0.3, 0.4) is 0 Å². The Bertz CT molecular complexity index is 296. The summed E-state index contributed by atoms with van der Waals surface area (Å²) in [6, 6.07) is 0.543. The lowest BCUT2D eigenvalue weighted by molar-refractivity contribution is 0.104. The maximum Gasteiger partial charge on any atom is 0.317 e. The number of hydrogen-bond acceptors (Lipinski definition) is 3. The van der Waals surface area contributed by atoms with Crippen molar-refractivity contribution in [1.29, 1.82) is 0 Å². The van der Waals surface area contributed by atoms with Crippen LogP contribution in [0.4, 0.5) is 4.79 Å². The molecular weight excluding hydrogens is 252 g/mol. The Kier molecular flexibility index (Phi) is 4.70. The maximum atomic E-state index is 11.5. The summed E-state index contributed by atoms with van der Waals surface area (Å²) in [6.07, 6.45) is 2.67. The number of nitrogens with zero attached hydrogens (tertiary/aromatic N) is 2. The second-order valence-electron chi connectivity index (χ2n) is 5.51. The molecule has 2 atom stereocenters. The van der Waals surface area contributed by atoms with E-state index in [1.807, 2.05) is 4.90 Å². The standard InChI is InChI=1S/C12H22N4O.ClH/c17-12-14-7-11-9-15(4-5-16(11)12)8-10-2-1-3-13-6-10;/h10-11,13H,1-9H2,(H,14,17);1H. The highest BCUT2D eigenvalue weighted by molar-refractivity contribution is 5.85. The molecule has 3 heterocycles. The summed E-state index contributed by atoms with van der Waals surface area (Å²) in [5.41, 5.74) is 0. The number of hydrogen-bond donors (Lipinski definition) is 2. The van der Waals surface area contributed by atoms with Crippen molar-refractivity contribution in [2.75, 3.05) is 45.8 Å². The van der Waals surface area contributed by atoms with Crippen molar-refractivity contribution in [3.05, 3.63) is 0 Å². The number of carbonyl (C=O) groups is 1. The van der Waals surface area contributed by atoms with Crippen LogP contribution in [0.2, 0.25) is 0 Å². The molecule has 0 saturated carbocycles. The average molecular weight is 275 g/mol. The summed E-state index contributed by atoms with van der Waals surface area (Å²) in [7, 11) is 0. The first kappa shape index (κ1) is 13.9. The first-order valence-electron chi connectivity index (χ1n) is 6.80. The largest absolute Gasteiger partial charge is 0.336 e. The quantitative estimate of drug-likeness (QED) is 0.752. The molecule has 3 saturated heterocycles. The van der Waals surface area contributed by atoms with Crippen LogP contribution in [-0.2, 0) is 0 Å². The first-order valence-corrected chi connectivity index (χ1v) is 6.80. The van der Waals surface area contributed by atoms with Gasteiger partial charge in [-0.1, -0.05) is 0 Å². The fourth-order valence-corrected chi connectivity index (χ4v) is 3.28. The Balaban J connectivity index is 0.00000120. The van der Waals surface area contributed by atoms with E-state index in [2.05, 4.69) is 15.5 Å². The molecular formula is C12H23ClN4O. The van der Waals surface area contributed by atoms with E-state index in [-0.39, 0.29) is 18.4 Å². The Hall–Kier alpha value is -0.520. The zero-order valence-corrected chi connectivity index (χ0v) is 11.5. The van der Waals surface area contributed by atoms with E-state index in [9.17, 15) is 4.79 Å². The highest BCUT2D eigenvalue weighted by Crippen LogP contribution is 2.17. The molecule has 0 radical (unpaired) electrons. The van der Waals surface area contributed by atoms with Gasteiger partial charge in [-0.2, -0.15) is 0 Å². The highest BCUT2D eigenvalue weighted by atomic mass is 35.5. The van der Waals surface area contributed by atoms with Crippen molar-refractivity contribution in [2.45, 2.75) is 18.9 Å². The number of piperidine rings is 1. The zero-order chi connectivity index (χ0) is 11.7. The smallest absolute Gasteiger partial charge is 0.317 e. The third kappa shape index (κ3) is 2.90. The molecule has 0 bridgehead atoms. The van der Waals surface area contributed by atoms with Crippen molar-refractivity contribution in [3.8, 4) is 0 Å². The van der Waals surface area contributed by atoms with Gasteiger partial charge in [0.25, 0.3) is 0 Å². The van der Waals surface area contributed by atoms with E-state index in [0.29, 0.717) is 6.04 Å². The van der Waals surface area contributed by atoms with Crippen molar-refractivity contribution in [2.24, 2.45) is 5.92 Å². The number of fused-ring (bicyclic) bond motifs is 1. The first-order chi connectivity index (χ1) is 8.33. The number of rotatable bonds is 2. The van der Waals surface area contributed by atoms with Gasteiger partial charge in [-0.15, -0.1) is 12.4 Å². The third-order valence-corrected chi connectivity index (χ3v) is 4.23. The predicted molar refractivity (Wildman–Crippen MR) is 73.2 cm³/mol. The summed E-state index contributed by atoms with van der Waals surface area (Å²) >= 11 is 0. The van der Waals surface area contributed by atoms with Gasteiger partial charge in [0.1, 0.15) is 0 Å². The van der Waals surface area contributed by atoms with E-state index in [4.69, 9.17) is 0 Å². The van der Waals surface area contributed by atoms with Crippen LogP contribution in [0.1, 0.15) is 12.8 Å². The Morgan fingerprint density at radius 2 is 2.17 bits per heavy atom. The number of piperazine rings is 1.